The highest BCUT2D eigenvalue weighted by molar-refractivity contribution is 6.30. The Labute approximate surface area is 284 Å². The van der Waals surface area contributed by atoms with Gasteiger partial charge in [-0.05, 0) is 89.5 Å². The molecule has 0 aliphatic carbocycles. The van der Waals surface area contributed by atoms with E-state index in [1.54, 1.807) is 0 Å². The van der Waals surface area contributed by atoms with E-state index in [4.69, 9.17) is 4.42 Å². The Balaban J connectivity index is 1.26. The van der Waals surface area contributed by atoms with E-state index in [1.807, 2.05) is 6.07 Å². The second-order valence-corrected chi connectivity index (χ2v) is 12.8. The highest BCUT2D eigenvalue weighted by Gasteiger charge is 2.21. The SMILES string of the molecule is c1ccc(-c2c(-c3cccc(-c4cc(-c5ccccc5)c5ccc6ccc(-c7ccccc7)c7ccc4c5c67)c3)oc3ccccc23)cc1. The third kappa shape index (κ3) is 4.40. The minimum absolute atomic E-state index is 0.891. The average molecular weight is 623 g/mol. The molecule has 1 heteroatoms. The Kier molecular flexibility index (Phi) is 6.25. The quantitative estimate of drug-likeness (QED) is 0.174. The van der Waals surface area contributed by atoms with Crippen LogP contribution in [0, 0.1) is 0 Å². The van der Waals surface area contributed by atoms with E-state index in [0.29, 0.717) is 0 Å². The summed E-state index contributed by atoms with van der Waals surface area (Å²) < 4.78 is 6.66. The lowest BCUT2D eigenvalue weighted by Crippen LogP contribution is -1.92. The van der Waals surface area contributed by atoms with E-state index in [9.17, 15) is 0 Å². The van der Waals surface area contributed by atoms with Crippen molar-refractivity contribution in [2.24, 2.45) is 0 Å². The molecule has 10 rings (SSSR count). The van der Waals surface area contributed by atoms with Crippen LogP contribution in [0.5, 0.6) is 0 Å². The van der Waals surface area contributed by atoms with Crippen molar-refractivity contribution in [3.63, 3.8) is 0 Å². The smallest absolute Gasteiger partial charge is 0.143 e. The molecule has 0 unspecified atom stereocenters. The number of hydrogen-bond acceptors (Lipinski definition) is 1. The molecule has 1 heterocycles. The van der Waals surface area contributed by atoms with Gasteiger partial charge < -0.3 is 4.42 Å². The van der Waals surface area contributed by atoms with Crippen molar-refractivity contribution in [2.45, 2.75) is 0 Å². The van der Waals surface area contributed by atoms with Crippen LogP contribution in [0.3, 0.4) is 0 Å². The largest absolute Gasteiger partial charge is 0.455 e. The van der Waals surface area contributed by atoms with Crippen molar-refractivity contribution < 1.29 is 4.42 Å². The van der Waals surface area contributed by atoms with Crippen molar-refractivity contribution in [3.05, 3.63) is 182 Å². The molecular weight excluding hydrogens is 593 g/mol. The second kappa shape index (κ2) is 11.1. The van der Waals surface area contributed by atoms with Crippen LogP contribution in [0.15, 0.2) is 186 Å². The summed E-state index contributed by atoms with van der Waals surface area (Å²) in [6, 6.07) is 65.6. The van der Waals surface area contributed by atoms with Crippen molar-refractivity contribution in [2.75, 3.05) is 0 Å². The van der Waals surface area contributed by atoms with Gasteiger partial charge in [0.15, 0.2) is 0 Å². The van der Waals surface area contributed by atoms with Crippen molar-refractivity contribution in [1.29, 1.82) is 0 Å². The van der Waals surface area contributed by atoms with E-state index in [-0.39, 0.29) is 0 Å². The van der Waals surface area contributed by atoms with E-state index in [0.717, 1.165) is 39.0 Å². The third-order valence-electron chi connectivity index (χ3n) is 10.0. The predicted molar refractivity (Wildman–Crippen MR) is 207 cm³/mol. The molecule has 0 radical (unpaired) electrons. The summed E-state index contributed by atoms with van der Waals surface area (Å²) in [5, 5.41) is 8.81. The molecule has 0 aliphatic heterocycles. The lowest BCUT2D eigenvalue weighted by molar-refractivity contribution is 0.632. The monoisotopic (exact) mass is 622 g/mol. The highest BCUT2D eigenvalue weighted by atomic mass is 16.3. The Morgan fingerprint density at radius 1 is 0.306 bits per heavy atom. The summed E-state index contributed by atoms with van der Waals surface area (Å²) in [5.41, 5.74) is 11.5. The zero-order chi connectivity index (χ0) is 32.3. The molecule has 0 fully saturated rings. The standard InChI is InChI=1S/C48H30O/c1-4-13-31(14-5-1)37-25-23-34-24-26-39-42(32-15-6-2-7-16-32)30-43(40-28-27-38(37)45(34)47(39)40)35-19-12-20-36(29-35)48-46(33-17-8-3-9-18-33)41-21-10-11-22-44(41)49-48/h1-30H. The first-order chi connectivity index (χ1) is 24.3. The molecule has 1 nitrogen and oxygen atoms in total. The van der Waals surface area contributed by atoms with Crippen LogP contribution in [-0.4, -0.2) is 0 Å². The normalized spacial score (nSPS) is 11.7. The van der Waals surface area contributed by atoms with E-state index >= 15 is 0 Å². The number of furan rings is 1. The molecule has 0 aliphatic rings. The molecule has 10 aromatic rings. The van der Waals surface area contributed by atoms with Gasteiger partial charge in [-0.25, -0.2) is 0 Å². The summed E-state index contributed by atoms with van der Waals surface area (Å²) in [7, 11) is 0. The van der Waals surface area contributed by atoms with E-state index in [1.165, 1.54) is 60.1 Å². The molecule has 0 atom stereocenters. The minimum Gasteiger partial charge on any atom is -0.455 e. The van der Waals surface area contributed by atoms with Gasteiger partial charge in [-0.3, -0.25) is 0 Å². The molecule has 49 heavy (non-hydrogen) atoms. The van der Waals surface area contributed by atoms with Crippen LogP contribution in [0.2, 0.25) is 0 Å². The van der Waals surface area contributed by atoms with Gasteiger partial charge in [0, 0.05) is 16.5 Å². The number of rotatable bonds is 5. The molecular formula is C48H30O. The summed E-state index contributed by atoms with van der Waals surface area (Å²) in [6.07, 6.45) is 0. The molecule has 9 aromatic carbocycles. The fraction of sp³-hybridized carbons (Fsp3) is 0. The maximum atomic E-state index is 6.66. The van der Waals surface area contributed by atoms with Crippen LogP contribution in [0.1, 0.15) is 0 Å². The second-order valence-electron chi connectivity index (χ2n) is 12.8. The Morgan fingerprint density at radius 3 is 1.57 bits per heavy atom. The van der Waals surface area contributed by atoms with Crippen molar-refractivity contribution >= 4 is 43.3 Å². The summed E-state index contributed by atoms with van der Waals surface area (Å²) in [6.45, 7) is 0. The lowest BCUT2D eigenvalue weighted by atomic mass is 9.84. The summed E-state index contributed by atoms with van der Waals surface area (Å²) >= 11 is 0. The van der Waals surface area contributed by atoms with Crippen LogP contribution >= 0.6 is 0 Å². The Hall–Kier alpha value is -6.44. The lowest BCUT2D eigenvalue weighted by Gasteiger charge is -2.19. The topological polar surface area (TPSA) is 13.1 Å². The van der Waals surface area contributed by atoms with E-state index < -0.39 is 0 Å². The maximum Gasteiger partial charge on any atom is 0.143 e. The first-order valence-corrected chi connectivity index (χ1v) is 16.8. The molecule has 0 bridgehead atoms. The van der Waals surface area contributed by atoms with Crippen LogP contribution in [0.4, 0.5) is 0 Å². The third-order valence-corrected chi connectivity index (χ3v) is 10.0. The zero-order valence-corrected chi connectivity index (χ0v) is 26.7. The van der Waals surface area contributed by atoms with Crippen LogP contribution in [-0.2, 0) is 0 Å². The average Bonchev–Trinajstić information content (AvgIpc) is 3.58. The number of fused-ring (bicyclic) bond motifs is 1. The molecule has 228 valence electrons. The van der Waals surface area contributed by atoms with Crippen LogP contribution < -0.4 is 0 Å². The fourth-order valence-electron chi connectivity index (χ4n) is 7.83. The minimum atomic E-state index is 0.891. The van der Waals surface area contributed by atoms with Crippen molar-refractivity contribution in [3.8, 4) is 55.8 Å². The highest BCUT2D eigenvalue weighted by Crippen LogP contribution is 2.47. The molecule has 0 saturated carbocycles. The zero-order valence-electron chi connectivity index (χ0n) is 26.7. The first-order valence-electron chi connectivity index (χ1n) is 16.8. The summed E-state index contributed by atoms with van der Waals surface area (Å²) in [5.74, 6) is 0.891. The van der Waals surface area contributed by atoms with Gasteiger partial charge in [0.2, 0.25) is 0 Å². The van der Waals surface area contributed by atoms with E-state index in [2.05, 4.69) is 176 Å². The van der Waals surface area contributed by atoms with Gasteiger partial charge >= 0.3 is 0 Å². The number of benzene rings is 9. The molecule has 1 aromatic heterocycles. The predicted octanol–water partition coefficient (Wildman–Crippen LogP) is 13.7. The number of hydrogen-bond donors (Lipinski definition) is 0. The van der Waals surface area contributed by atoms with Crippen molar-refractivity contribution in [1.82, 2.24) is 0 Å². The fourth-order valence-corrected chi connectivity index (χ4v) is 7.83. The maximum absolute atomic E-state index is 6.66. The Morgan fingerprint density at radius 2 is 0.837 bits per heavy atom. The molecule has 0 spiro atoms. The molecule has 0 saturated heterocycles. The van der Waals surface area contributed by atoms with Gasteiger partial charge in [0.25, 0.3) is 0 Å². The van der Waals surface area contributed by atoms with Gasteiger partial charge in [0.05, 0.1) is 0 Å². The Bertz CT molecular complexity index is 2790. The van der Waals surface area contributed by atoms with Gasteiger partial charge in [-0.1, -0.05) is 164 Å². The number of para-hydroxylation sites is 1. The van der Waals surface area contributed by atoms with Gasteiger partial charge in [0.1, 0.15) is 11.3 Å². The van der Waals surface area contributed by atoms with Crippen LogP contribution in [0.25, 0.3) is 99.1 Å². The molecule has 0 amide bonds. The summed E-state index contributed by atoms with van der Waals surface area (Å²) in [4.78, 5) is 0. The first kappa shape index (κ1) is 27.7. The molecule has 0 N–H and O–H groups in total. The van der Waals surface area contributed by atoms with Gasteiger partial charge in [-0.15, -0.1) is 0 Å². The van der Waals surface area contributed by atoms with Gasteiger partial charge in [-0.2, -0.15) is 0 Å².